The third-order valence-electron chi connectivity index (χ3n) is 3.81. The Kier molecular flexibility index (Phi) is 6.20. The van der Waals surface area contributed by atoms with E-state index in [1.807, 2.05) is 0 Å². The highest BCUT2D eigenvalue weighted by molar-refractivity contribution is 8.00. The minimum absolute atomic E-state index is 0.00397. The number of carbonyl (C=O) groups is 1. The number of nitro benzene ring substituents is 1. The zero-order valence-corrected chi connectivity index (χ0v) is 15.9. The van der Waals surface area contributed by atoms with Crippen molar-refractivity contribution in [2.24, 2.45) is 0 Å². The maximum absolute atomic E-state index is 12.3. The first-order valence-electron chi connectivity index (χ1n) is 8.03. The fourth-order valence-electron chi connectivity index (χ4n) is 2.53. The number of non-ortho nitro benzene ring substituents is 1. The van der Waals surface area contributed by atoms with Crippen LogP contribution >= 0.6 is 23.4 Å². The number of hydrogen-bond donors (Lipinski definition) is 0. The van der Waals surface area contributed by atoms with E-state index in [2.05, 4.69) is 0 Å². The van der Waals surface area contributed by atoms with Crippen molar-refractivity contribution < 1.29 is 23.9 Å². The summed E-state index contributed by atoms with van der Waals surface area (Å²) in [6.45, 7) is 2.28. The van der Waals surface area contributed by atoms with Crippen molar-refractivity contribution in [3.8, 4) is 5.75 Å². The standard InChI is InChI=1S/C18H16ClNO6S/c1-11(27-16-4-2-15(3-5-16)20(22)23)18(21)25-9-13-7-14(19)6-12-8-24-10-26-17(12)13/h2-7,11H,8-10H2,1H3/t11-/m1/s1. The quantitative estimate of drug-likeness (QED) is 0.303. The van der Waals surface area contributed by atoms with E-state index in [-0.39, 0.29) is 19.1 Å². The summed E-state index contributed by atoms with van der Waals surface area (Å²) in [6.07, 6.45) is 0. The number of hydrogen-bond acceptors (Lipinski definition) is 7. The molecule has 1 aliphatic rings. The lowest BCUT2D eigenvalue weighted by Crippen LogP contribution is -2.18. The molecule has 1 atom stereocenters. The first-order chi connectivity index (χ1) is 12.9. The number of thioether (sulfide) groups is 1. The van der Waals surface area contributed by atoms with Crippen molar-refractivity contribution in [1.82, 2.24) is 0 Å². The molecule has 7 nitrogen and oxygen atoms in total. The van der Waals surface area contributed by atoms with Crippen LogP contribution in [0.3, 0.4) is 0 Å². The van der Waals surface area contributed by atoms with Crippen LogP contribution in [0.2, 0.25) is 5.02 Å². The number of nitro groups is 1. The molecule has 9 heteroatoms. The molecule has 0 saturated carbocycles. The monoisotopic (exact) mass is 409 g/mol. The molecule has 3 rings (SSSR count). The molecule has 0 unspecified atom stereocenters. The third kappa shape index (κ3) is 4.91. The number of ether oxygens (including phenoxy) is 3. The summed E-state index contributed by atoms with van der Waals surface area (Å²) in [7, 11) is 0. The fraction of sp³-hybridized carbons (Fsp3) is 0.278. The minimum atomic E-state index is -0.481. The van der Waals surface area contributed by atoms with Crippen LogP contribution in [-0.2, 0) is 27.5 Å². The van der Waals surface area contributed by atoms with Gasteiger partial charge in [0.05, 0.1) is 11.5 Å². The number of nitrogens with zero attached hydrogens (tertiary/aromatic N) is 1. The molecule has 2 aromatic rings. The van der Waals surface area contributed by atoms with Crippen LogP contribution in [0.4, 0.5) is 5.69 Å². The average Bonchev–Trinajstić information content (AvgIpc) is 2.66. The van der Waals surface area contributed by atoms with Gasteiger partial charge in [-0.25, -0.2) is 0 Å². The predicted octanol–water partition coefficient (Wildman–Crippen LogP) is 4.34. The van der Waals surface area contributed by atoms with E-state index in [4.69, 9.17) is 25.8 Å². The lowest BCUT2D eigenvalue weighted by molar-refractivity contribution is -0.384. The Bertz CT molecular complexity index is 858. The number of rotatable bonds is 6. The van der Waals surface area contributed by atoms with E-state index >= 15 is 0 Å². The Morgan fingerprint density at radius 1 is 1.37 bits per heavy atom. The smallest absolute Gasteiger partial charge is 0.319 e. The highest BCUT2D eigenvalue weighted by Crippen LogP contribution is 2.32. The van der Waals surface area contributed by atoms with Crippen LogP contribution < -0.4 is 4.74 Å². The molecule has 0 amide bonds. The highest BCUT2D eigenvalue weighted by atomic mass is 35.5. The average molecular weight is 410 g/mol. The number of halogens is 1. The van der Waals surface area contributed by atoms with Crippen LogP contribution in [0.15, 0.2) is 41.3 Å². The molecule has 0 aliphatic carbocycles. The van der Waals surface area contributed by atoms with Crippen molar-refractivity contribution >= 4 is 35.0 Å². The molecule has 0 radical (unpaired) electrons. The molecule has 2 aromatic carbocycles. The summed E-state index contributed by atoms with van der Waals surface area (Å²) in [5.41, 5.74) is 1.50. The van der Waals surface area contributed by atoms with Gasteiger partial charge in [-0.1, -0.05) is 11.6 Å². The summed E-state index contributed by atoms with van der Waals surface area (Å²) < 4.78 is 16.1. The van der Waals surface area contributed by atoms with Gasteiger partial charge in [0.25, 0.3) is 5.69 Å². The highest BCUT2D eigenvalue weighted by Gasteiger charge is 2.20. The molecular formula is C18H16ClNO6S. The zero-order valence-electron chi connectivity index (χ0n) is 14.3. The summed E-state index contributed by atoms with van der Waals surface area (Å²) in [5.74, 6) is 0.230. The molecule has 1 aliphatic heterocycles. The lowest BCUT2D eigenvalue weighted by Gasteiger charge is -2.21. The number of benzene rings is 2. The lowest BCUT2D eigenvalue weighted by atomic mass is 10.1. The molecule has 0 fully saturated rings. The van der Waals surface area contributed by atoms with Gasteiger partial charge < -0.3 is 14.2 Å². The zero-order chi connectivity index (χ0) is 19.4. The Morgan fingerprint density at radius 3 is 2.81 bits per heavy atom. The number of carbonyl (C=O) groups excluding carboxylic acids is 1. The van der Waals surface area contributed by atoms with Gasteiger partial charge in [0.15, 0.2) is 6.79 Å². The maximum atomic E-state index is 12.3. The van der Waals surface area contributed by atoms with E-state index in [0.717, 1.165) is 10.5 Å². The van der Waals surface area contributed by atoms with E-state index in [0.29, 0.717) is 22.9 Å². The summed E-state index contributed by atoms with van der Waals surface area (Å²) in [6, 6.07) is 9.47. The van der Waals surface area contributed by atoms with Gasteiger partial charge in [-0.2, -0.15) is 0 Å². The topological polar surface area (TPSA) is 87.9 Å². The molecule has 0 N–H and O–H groups in total. The van der Waals surface area contributed by atoms with Crippen LogP contribution in [0.1, 0.15) is 18.1 Å². The second-order valence-electron chi connectivity index (χ2n) is 5.78. The van der Waals surface area contributed by atoms with Gasteiger partial charge in [0.2, 0.25) is 0 Å². The van der Waals surface area contributed by atoms with Crippen molar-refractivity contribution in [1.29, 1.82) is 0 Å². The van der Waals surface area contributed by atoms with Gasteiger partial charge in [0.1, 0.15) is 17.6 Å². The molecule has 1 heterocycles. The predicted molar refractivity (Wildman–Crippen MR) is 99.9 cm³/mol. The van der Waals surface area contributed by atoms with Crippen molar-refractivity contribution in [2.45, 2.75) is 30.3 Å². The van der Waals surface area contributed by atoms with Crippen LogP contribution in [0, 0.1) is 10.1 Å². The number of fused-ring (bicyclic) bond motifs is 1. The molecule has 27 heavy (non-hydrogen) atoms. The molecule has 0 aromatic heterocycles. The van der Waals surface area contributed by atoms with Gasteiger partial charge in [-0.05, 0) is 31.2 Å². The van der Waals surface area contributed by atoms with Gasteiger partial charge in [-0.3, -0.25) is 14.9 Å². The van der Waals surface area contributed by atoms with Crippen LogP contribution in [-0.4, -0.2) is 22.9 Å². The van der Waals surface area contributed by atoms with Crippen LogP contribution in [0.25, 0.3) is 0 Å². The van der Waals surface area contributed by atoms with E-state index in [1.165, 1.54) is 23.9 Å². The van der Waals surface area contributed by atoms with Gasteiger partial charge in [-0.15, -0.1) is 11.8 Å². The second-order valence-corrected chi connectivity index (χ2v) is 7.63. The third-order valence-corrected chi connectivity index (χ3v) is 5.12. The summed E-state index contributed by atoms with van der Waals surface area (Å²) in [5, 5.41) is 10.7. The van der Waals surface area contributed by atoms with Gasteiger partial charge in [0, 0.05) is 33.2 Å². The minimum Gasteiger partial charge on any atom is -0.467 e. The SMILES string of the molecule is C[C@@H](Sc1ccc([N+](=O)[O-])cc1)C(=O)OCc1cc(Cl)cc2c1OCOC2. The van der Waals surface area contributed by atoms with Crippen LogP contribution in [0.5, 0.6) is 5.75 Å². The Morgan fingerprint density at radius 2 is 2.11 bits per heavy atom. The Hall–Kier alpha value is -2.29. The van der Waals surface area contributed by atoms with E-state index in [9.17, 15) is 14.9 Å². The van der Waals surface area contributed by atoms with Gasteiger partial charge >= 0.3 is 5.97 Å². The normalized spacial score (nSPS) is 14.0. The molecule has 0 bridgehead atoms. The first-order valence-corrected chi connectivity index (χ1v) is 9.29. The summed E-state index contributed by atoms with van der Waals surface area (Å²) in [4.78, 5) is 23.3. The Labute approximate surface area is 164 Å². The van der Waals surface area contributed by atoms with Crippen molar-refractivity contribution in [3.63, 3.8) is 0 Å². The van der Waals surface area contributed by atoms with Crippen molar-refractivity contribution in [3.05, 3.63) is 62.7 Å². The first kappa shape index (κ1) is 19.5. The van der Waals surface area contributed by atoms with E-state index in [1.54, 1.807) is 31.2 Å². The number of esters is 1. The molecule has 0 saturated heterocycles. The second kappa shape index (κ2) is 8.60. The fourth-order valence-corrected chi connectivity index (χ4v) is 3.66. The largest absolute Gasteiger partial charge is 0.467 e. The maximum Gasteiger partial charge on any atom is 0.319 e. The van der Waals surface area contributed by atoms with E-state index < -0.39 is 16.1 Å². The molecular weight excluding hydrogens is 394 g/mol. The Balaban J connectivity index is 1.60. The molecule has 0 spiro atoms. The summed E-state index contributed by atoms with van der Waals surface area (Å²) >= 11 is 7.36. The molecule has 142 valence electrons. The van der Waals surface area contributed by atoms with Crippen molar-refractivity contribution in [2.75, 3.05) is 6.79 Å².